The molecule has 2 unspecified atom stereocenters. The number of nitrogens with zero attached hydrogens (tertiary/aromatic N) is 2. The van der Waals surface area contributed by atoms with Crippen LogP contribution in [0.4, 0.5) is 5.13 Å². The molecule has 1 saturated heterocycles. The van der Waals surface area contributed by atoms with Crippen LogP contribution < -0.4 is 5.32 Å². The molecule has 1 fully saturated rings. The van der Waals surface area contributed by atoms with Crippen molar-refractivity contribution in [2.24, 2.45) is 5.92 Å². The van der Waals surface area contributed by atoms with Gasteiger partial charge in [-0.2, -0.15) is 0 Å². The van der Waals surface area contributed by atoms with Crippen LogP contribution in [0.3, 0.4) is 0 Å². The van der Waals surface area contributed by atoms with Gasteiger partial charge in [0.05, 0.1) is 25.7 Å². The molecule has 0 spiro atoms. The van der Waals surface area contributed by atoms with Gasteiger partial charge in [-0.25, -0.2) is 4.98 Å². The maximum absolute atomic E-state index is 11.8. The molecule has 1 aromatic heterocycles. The lowest BCUT2D eigenvalue weighted by Gasteiger charge is -2.25. The van der Waals surface area contributed by atoms with E-state index >= 15 is 0 Å². The number of carboxylic acid groups (broad SMARTS) is 1. The summed E-state index contributed by atoms with van der Waals surface area (Å²) in [6, 6.07) is -0.278. The molecule has 7 nitrogen and oxygen atoms in total. The molecule has 2 N–H and O–H groups in total. The van der Waals surface area contributed by atoms with Crippen LogP contribution in [0.15, 0.2) is 11.6 Å². The number of anilines is 1. The second-order valence-corrected chi connectivity index (χ2v) is 5.24. The van der Waals surface area contributed by atoms with Gasteiger partial charge < -0.3 is 15.2 Å². The molecule has 1 aromatic rings. The standard InChI is InChI=1S/C11H15N3O4S/c1-14(8-6-18-5-7(8)10(16)17)4-9(15)13-11-12-2-3-19-11/h2-3,7-8H,4-6H2,1H3,(H,16,17)(H,12,13,15). The highest BCUT2D eigenvalue weighted by Gasteiger charge is 2.37. The maximum atomic E-state index is 11.8. The van der Waals surface area contributed by atoms with Crippen molar-refractivity contribution in [1.82, 2.24) is 9.88 Å². The van der Waals surface area contributed by atoms with Crippen LogP contribution in [0.5, 0.6) is 0 Å². The van der Waals surface area contributed by atoms with E-state index in [1.165, 1.54) is 11.3 Å². The Morgan fingerprint density at radius 2 is 2.42 bits per heavy atom. The number of aliphatic carboxylic acids is 1. The van der Waals surface area contributed by atoms with Gasteiger partial charge >= 0.3 is 5.97 Å². The molecule has 2 heterocycles. The molecule has 1 amide bonds. The average Bonchev–Trinajstić information content (AvgIpc) is 2.97. The fraction of sp³-hybridized carbons (Fsp3) is 0.545. The van der Waals surface area contributed by atoms with Crippen LogP contribution in [0.25, 0.3) is 0 Å². The van der Waals surface area contributed by atoms with Gasteiger partial charge in [-0.3, -0.25) is 14.5 Å². The Labute approximate surface area is 114 Å². The zero-order valence-electron chi connectivity index (χ0n) is 10.4. The van der Waals surface area contributed by atoms with Crippen molar-refractivity contribution in [2.45, 2.75) is 6.04 Å². The first kappa shape index (κ1) is 13.9. The highest BCUT2D eigenvalue weighted by Crippen LogP contribution is 2.19. The SMILES string of the molecule is CN(CC(=O)Nc1nccs1)C1COCC1C(=O)O. The Bertz CT molecular complexity index is 451. The Hall–Kier alpha value is -1.51. The molecule has 1 aliphatic heterocycles. The van der Waals surface area contributed by atoms with Gasteiger partial charge in [0.15, 0.2) is 5.13 Å². The summed E-state index contributed by atoms with van der Waals surface area (Å²) >= 11 is 1.34. The van der Waals surface area contributed by atoms with Crippen molar-refractivity contribution in [3.63, 3.8) is 0 Å². The minimum atomic E-state index is -0.894. The van der Waals surface area contributed by atoms with Crippen molar-refractivity contribution in [3.05, 3.63) is 11.6 Å². The summed E-state index contributed by atoms with van der Waals surface area (Å²) < 4.78 is 5.18. The lowest BCUT2D eigenvalue weighted by atomic mass is 10.0. The molecular weight excluding hydrogens is 270 g/mol. The topological polar surface area (TPSA) is 91.8 Å². The van der Waals surface area contributed by atoms with E-state index in [-0.39, 0.29) is 25.1 Å². The minimum Gasteiger partial charge on any atom is -0.481 e. The number of rotatable bonds is 5. The number of amides is 1. The van der Waals surface area contributed by atoms with E-state index in [4.69, 9.17) is 9.84 Å². The van der Waals surface area contributed by atoms with Crippen molar-refractivity contribution in [3.8, 4) is 0 Å². The summed E-state index contributed by atoms with van der Waals surface area (Å²) in [7, 11) is 1.72. The monoisotopic (exact) mass is 285 g/mol. The van der Waals surface area contributed by atoms with Crippen molar-refractivity contribution in [1.29, 1.82) is 0 Å². The molecule has 2 atom stereocenters. The summed E-state index contributed by atoms with van der Waals surface area (Å²) in [5.74, 6) is -1.69. The lowest BCUT2D eigenvalue weighted by Crippen LogP contribution is -2.44. The van der Waals surface area contributed by atoms with E-state index in [2.05, 4.69) is 10.3 Å². The van der Waals surface area contributed by atoms with E-state index in [0.717, 1.165) is 0 Å². The number of carbonyl (C=O) groups excluding carboxylic acids is 1. The number of thiazole rings is 1. The van der Waals surface area contributed by atoms with Crippen molar-refractivity contribution < 1.29 is 19.4 Å². The van der Waals surface area contributed by atoms with E-state index in [9.17, 15) is 9.59 Å². The molecule has 0 aromatic carbocycles. The smallest absolute Gasteiger partial charge is 0.310 e. The number of likely N-dealkylation sites (N-methyl/N-ethyl adjacent to an activating group) is 1. The number of carboxylic acids is 1. The van der Waals surface area contributed by atoms with Gasteiger partial charge in [0.25, 0.3) is 0 Å². The van der Waals surface area contributed by atoms with Gasteiger partial charge in [0.1, 0.15) is 0 Å². The molecule has 1 aliphatic rings. The van der Waals surface area contributed by atoms with Crippen LogP contribution >= 0.6 is 11.3 Å². The first-order valence-corrected chi connectivity index (χ1v) is 6.66. The van der Waals surface area contributed by atoms with Crippen LogP contribution in [0, 0.1) is 5.92 Å². The molecule has 104 valence electrons. The Balaban J connectivity index is 1.88. The minimum absolute atomic E-state index is 0.109. The first-order chi connectivity index (χ1) is 9.08. The molecule has 0 bridgehead atoms. The largest absolute Gasteiger partial charge is 0.481 e. The third-order valence-electron chi connectivity index (χ3n) is 3.01. The fourth-order valence-corrected chi connectivity index (χ4v) is 2.55. The Morgan fingerprint density at radius 3 is 3.05 bits per heavy atom. The quantitative estimate of drug-likeness (QED) is 0.798. The van der Waals surface area contributed by atoms with Crippen LogP contribution in [-0.4, -0.2) is 59.7 Å². The van der Waals surface area contributed by atoms with Gasteiger partial charge in [0, 0.05) is 17.6 Å². The van der Waals surface area contributed by atoms with E-state index in [1.807, 2.05) is 0 Å². The molecule has 0 radical (unpaired) electrons. The number of carbonyl (C=O) groups is 2. The van der Waals surface area contributed by atoms with Gasteiger partial charge in [-0.1, -0.05) is 0 Å². The Morgan fingerprint density at radius 1 is 1.63 bits per heavy atom. The number of ether oxygens (including phenoxy) is 1. The highest BCUT2D eigenvalue weighted by atomic mass is 32.1. The summed E-state index contributed by atoms with van der Waals surface area (Å²) in [6.07, 6.45) is 1.61. The van der Waals surface area contributed by atoms with Crippen LogP contribution in [0.2, 0.25) is 0 Å². The lowest BCUT2D eigenvalue weighted by molar-refractivity contribution is -0.143. The maximum Gasteiger partial charge on any atom is 0.310 e. The third-order valence-corrected chi connectivity index (χ3v) is 3.69. The highest BCUT2D eigenvalue weighted by molar-refractivity contribution is 7.13. The molecule has 8 heteroatoms. The molecule has 19 heavy (non-hydrogen) atoms. The third kappa shape index (κ3) is 3.49. The van der Waals surface area contributed by atoms with Crippen molar-refractivity contribution in [2.75, 3.05) is 32.1 Å². The van der Waals surface area contributed by atoms with Gasteiger partial charge in [0.2, 0.25) is 5.91 Å². The molecule has 2 rings (SSSR count). The van der Waals surface area contributed by atoms with Gasteiger partial charge in [-0.15, -0.1) is 11.3 Å². The number of hydrogen-bond acceptors (Lipinski definition) is 6. The predicted octanol–water partition coefficient (Wildman–Crippen LogP) is 0.113. The normalized spacial score (nSPS) is 22.6. The summed E-state index contributed by atoms with van der Waals surface area (Å²) in [5.41, 5.74) is 0. The van der Waals surface area contributed by atoms with Crippen LogP contribution in [0.1, 0.15) is 0 Å². The fourth-order valence-electron chi connectivity index (χ4n) is 2.00. The molecular formula is C11H15N3O4S. The second-order valence-electron chi connectivity index (χ2n) is 4.35. The summed E-state index contributed by atoms with van der Waals surface area (Å²) in [5, 5.41) is 14.0. The predicted molar refractivity (Wildman–Crippen MR) is 69.1 cm³/mol. The zero-order chi connectivity index (χ0) is 13.8. The molecule has 0 aliphatic carbocycles. The first-order valence-electron chi connectivity index (χ1n) is 5.78. The number of nitrogens with one attached hydrogen (secondary N) is 1. The number of aromatic nitrogens is 1. The average molecular weight is 285 g/mol. The Kier molecular flexibility index (Phi) is 4.46. The second kappa shape index (κ2) is 6.09. The van der Waals surface area contributed by atoms with E-state index < -0.39 is 11.9 Å². The zero-order valence-corrected chi connectivity index (χ0v) is 11.2. The van der Waals surface area contributed by atoms with E-state index in [1.54, 1.807) is 23.5 Å². The summed E-state index contributed by atoms with van der Waals surface area (Å²) in [4.78, 5) is 28.5. The summed E-state index contributed by atoms with van der Waals surface area (Å²) in [6.45, 7) is 0.633. The van der Waals surface area contributed by atoms with Gasteiger partial charge in [-0.05, 0) is 7.05 Å². The molecule has 0 saturated carbocycles. The van der Waals surface area contributed by atoms with Crippen molar-refractivity contribution >= 4 is 28.3 Å². The van der Waals surface area contributed by atoms with Crippen LogP contribution in [-0.2, 0) is 14.3 Å². The van der Waals surface area contributed by atoms with E-state index in [0.29, 0.717) is 11.7 Å². The number of hydrogen-bond donors (Lipinski definition) is 2.